The number of amides is 1. The second kappa shape index (κ2) is 4.80. The minimum absolute atomic E-state index is 0.0806. The van der Waals surface area contributed by atoms with E-state index in [1.54, 1.807) is 17.4 Å². The number of carbonyl (C=O) groups excluding carboxylic acids is 1. The molecular weight excluding hydrogens is 222 g/mol. The van der Waals surface area contributed by atoms with E-state index in [0.29, 0.717) is 12.8 Å². The quantitative estimate of drug-likeness (QED) is 0.786. The Hall–Kier alpha value is -1.13. The van der Waals surface area contributed by atoms with Gasteiger partial charge in [0.1, 0.15) is 0 Å². The molecule has 1 aliphatic rings. The van der Waals surface area contributed by atoms with Gasteiger partial charge >= 0.3 is 0 Å². The molecule has 2 rings (SSSR count). The first-order chi connectivity index (χ1) is 7.63. The molecule has 1 saturated carbocycles. The third-order valence-corrected chi connectivity index (χ3v) is 3.59. The minimum Gasteiger partial charge on any atom is -0.393 e. The summed E-state index contributed by atoms with van der Waals surface area (Å²) in [5, 5.41) is 11.9. The maximum absolute atomic E-state index is 11.5. The Bertz CT molecular complexity index is 405. The summed E-state index contributed by atoms with van der Waals surface area (Å²) in [4.78, 5) is 13.8. The van der Waals surface area contributed by atoms with E-state index >= 15 is 0 Å². The summed E-state index contributed by atoms with van der Waals surface area (Å²) in [7, 11) is 0. The summed E-state index contributed by atoms with van der Waals surface area (Å²) in [6.07, 6.45) is 4.50. The first-order valence-electron chi connectivity index (χ1n) is 5.36. The van der Waals surface area contributed by atoms with Crippen LogP contribution >= 0.6 is 11.3 Å². The molecule has 1 aliphatic carbocycles. The number of nitrogens with one attached hydrogen (secondary N) is 1. The molecular formula is C12H15NO2S. The molecule has 4 heteroatoms. The van der Waals surface area contributed by atoms with Crippen molar-refractivity contribution >= 4 is 23.3 Å². The monoisotopic (exact) mass is 237 g/mol. The van der Waals surface area contributed by atoms with Crippen molar-refractivity contribution in [1.82, 2.24) is 5.32 Å². The van der Waals surface area contributed by atoms with Crippen LogP contribution in [-0.2, 0) is 4.79 Å². The highest BCUT2D eigenvalue weighted by Gasteiger charge is 2.27. The van der Waals surface area contributed by atoms with Gasteiger partial charge in [-0.1, -0.05) is 0 Å². The maximum Gasteiger partial charge on any atom is 0.244 e. The van der Waals surface area contributed by atoms with E-state index in [-0.39, 0.29) is 18.1 Å². The molecule has 1 fully saturated rings. The van der Waals surface area contributed by atoms with E-state index < -0.39 is 0 Å². The standard InChI is InChI=1S/C12H15NO2S/c1-8-2-3-11(16-8)4-5-12(15)13-9-6-10(14)7-9/h2-5,9-10,14H,6-7H2,1H3,(H,13,15). The van der Waals surface area contributed by atoms with Crippen molar-refractivity contribution in [3.8, 4) is 0 Å². The zero-order valence-corrected chi connectivity index (χ0v) is 9.96. The largest absolute Gasteiger partial charge is 0.393 e. The van der Waals surface area contributed by atoms with Crippen LogP contribution in [0.3, 0.4) is 0 Å². The highest BCUT2D eigenvalue weighted by Crippen LogP contribution is 2.19. The highest BCUT2D eigenvalue weighted by molar-refractivity contribution is 7.12. The van der Waals surface area contributed by atoms with Gasteiger partial charge in [0.2, 0.25) is 5.91 Å². The fourth-order valence-corrected chi connectivity index (χ4v) is 2.44. The Balaban J connectivity index is 1.80. The zero-order valence-electron chi connectivity index (χ0n) is 9.14. The van der Waals surface area contributed by atoms with E-state index in [9.17, 15) is 4.79 Å². The minimum atomic E-state index is -0.228. The fourth-order valence-electron chi connectivity index (χ4n) is 1.66. The number of hydrogen-bond donors (Lipinski definition) is 2. The number of hydrogen-bond acceptors (Lipinski definition) is 3. The van der Waals surface area contributed by atoms with E-state index in [2.05, 4.69) is 5.32 Å². The Kier molecular flexibility index (Phi) is 3.41. The van der Waals surface area contributed by atoms with Crippen LogP contribution in [0, 0.1) is 6.92 Å². The van der Waals surface area contributed by atoms with Crippen LogP contribution in [0.25, 0.3) is 6.08 Å². The smallest absolute Gasteiger partial charge is 0.244 e. The molecule has 0 unspecified atom stereocenters. The van der Waals surface area contributed by atoms with Crippen molar-refractivity contribution in [2.24, 2.45) is 0 Å². The molecule has 0 atom stereocenters. The van der Waals surface area contributed by atoms with Crippen LogP contribution in [0.4, 0.5) is 0 Å². The molecule has 1 amide bonds. The van der Waals surface area contributed by atoms with Crippen LogP contribution in [-0.4, -0.2) is 23.2 Å². The number of aryl methyl sites for hydroxylation is 1. The zero-order chi connectivity index (χ0) is 11.5. The number of aliphatic hydroxyl groups is 1. The molecule has 0 aromatic carbocycles. The second-order valence-corrected chi connectivity index (χ2v) is 5.43. The third-order valence-electron chi connectivity index (χ3n) is 2.62. The summed E-state index contributed by atoms with van der Waals surface area (Å²) in [5.41, 5.74) is 0. The second-order valence-electron chi connectivity index (χ2n) is 4.11. The van der Waals surface area contributed by atoms with Crippen molar-refractivity contribution in [2.45, 2.75) is 31.9 Å². The summed E-state index contributed by atoms with van der Waals surface area (Å²) >= 11 is 1.66. The van der Waals surface area contributed by atoms with Crippen LogP contribution in [0.15, 0.2) is 18.2 Å². The summed E-state index contributed by atoms with van der Waals surface area (Å²) in [5.74, 6) is -0.0806. The van der Waals surface area contributed by atoms with Crippen molar-refractivity contribution < 1.29 is 9.90 Å². The number of carbonyl (C=O) groups is 1. The molecule has 1 heterocycles. The topological polar surface area (TPSA) is 49.3 Å². The number of thiophene rings is 1. The van der Waals surface area contributed by atoms with E-state index in [1.807, 2.05) is 25.1 Å². The van der Waals surface area contributed by atoms with Gasteiger partial charge in [0, 0.05) is 21.9 Å². The van der Waals surface area contributed by atoms with Gasteiger partial charge in [-0.15, -0.1) is 11.3 Å². The lowest BCUT2D eigenvalue weighted by atomic mass is 9.89. The summed E-state index contributed by atoms with van der Waals surface area (Å²) in [6, 6.07) is 4.18. The molecule has 0 aliphatic heterocycles. The lowest BCUT2D eigenvalue weighted by Gasteiger charge is -2.31. The number of rotatable bonds is 3. The van der Waals surface area contributed by atoms with Gasteiger partial charge in [0.05, 0.1) is 6.10 Å². The van der Waals surface area contributed by atoms with Gasteiger partial charge in [0.15, 0.2) is 0 Å². The van der Waals surface area contributed by atoms with Crippen LogP contribution in [0.5, 0.6) is 0 Å². The van der Waals surface area contributed by atoms with Gasteiger partial charge in [-0.3, -0.25) is 4.79 Å². The van der Waals surface area contributed by atoms with Crippen molar-refractivity contribution in [1.29, 1.82) is 0 Å². The molecule has 0 saturated heterocycles. The van der Waals surface area contributed by atoms with Crippen LogP contribution < -0.4 is 5.32 Å². The van der Waals surface area contributed by atoms with Gasteiger partial charge < -0.3 is 10.4 Å². The molecule has 3 nitrogen and oxygen atoms in total. The molecule has 0 radical (unpaired) electrons. The van der Waals surface area contributed by atoms with Gasteiger partial charge in [-0.2, -0.15) is 0 Å². The highest BCUT2D eigenvalue weighted by atomic mass is 32.1. The molecule has 0 bridgehead atoms. The molecule has 86 valence electrons. The molecule has 1 aromatic rings. The lowest BCUT2D eigenvalue weighted by molar-refractivity contribution is -0.118. The molecule has 2 N–H and O–H groups in total. The molecule has 0 spiro atoms. The average Bonchev–Trinajstić information content (AvgIpc) is 2.59. The van der Waals surface area contributed by atoms with Crippen LogP contribution in [0.1, 0.15) is 22.6 Å². The fraction of sp³-hybridized carbons (Fsp3) is 0.417. The summed E-state index contributed by atoms with van der Waals surface area (Å²) in [6.45, 7) is 2.04. The van der Waals surface area contributed by atoms with Crippen LogP contribution in [0.2, 0.25) is 0 Å². The Morgan fingerprint density at radius 2 is 2.31 bits per heavy atom. The normalized spacial score (nSPS) is 24.4. The predicted molar refractivity (Wildman–Crippen MR) is 65.3 cm³/mol. The van der Waals surface area contributed by atoms with Gasteiger partial charge in [-0.25, -0.2) is 0 Å². The Labute approximate surface area is 98.8 Å². The molecule has 1 aromatic heterocycles. The van der Waals surface area contributed by atoms with Crippen molar-refractivity contribution in [3.05, 3.63) is 28.0 Å². The Morgan fingerprint density at radius 1 is 1.56 bits per heavy atom. The van der Waals surface area contributed by atoms with Crippen molar-refractivity contribution in [3.63, 3.8) is 0 Å². The SMILES string of the molecule is Cc1ccc(C=CC(=O)NC2CC(O)C2)s1. The van der Waals surface area contributed by atoms with E-state index in [4.69, 9.17) is 5.11 Å². The molecule has 16 heavy (non-hydrogen) atoms. The van der Waals surface area contributed by atoms with Crippen molar-refractivity contribution in [2.75, 3.05) is 0 Å². The maximum atomic E-state index is 11.5. The first kappa shape index (κ1) is 11.4. The predicted octanol–water partition coefficient (Wildman–Crippen LogP) is 1.71. The average molecular weight is 237 g/mol. The van der Waals surface area contributed by atoms with Gasteiger partial charge in [0.25, 0.3) is 0 Å². The number of aliphatic hydroxyl groups excluding tert-OH is 1. The van der Waals surface area contributed by atoms with Gasteiger partial charge in [-0.05, 0) is 38.0 Å². The lowest BCUT2D eigenvalue weighted by Crippen LogP contribution is -2.46. The van der Waals surface area contributed by atoms with E-state index in [1.165, 1.54) is 4.88 Å². The van der Waals surface area contributed by atoms with E-state index in [0.717, 1.165) is 4.88 Å². The Morgan fingerprint density at radius 3 is 2.88 bits per heavy atom. The third kappa shape index (κ3) is 2.93. The summed E-state index contributed by atoms with van der Waals surface area (Å²) < 4.78 is 0. The first-order valence-corrected chi connectivity index (χ1v) is 6.18.